The van der Waals surface area contributed by atoms with Gasteiger partial charge in [-0.05, 0) is 66.6 Å². The summed E-state index contributed by atoms with van der Waals surface area (Å²) < 4.78 is 2.26. The number of aromatic nitrogens is 4. The predicted octanol–water partition coefficient (Wildman–Crippen LogP) is 12.7. The molecule has 0 atom stereocenters. The quantitative estimate of drug-likeness (QED) is 0.162. The molecule has 0 saturated carbocycles. The number of para-hydroxylation sites is 1. The van der Waals surface area contributed by atoms with Crippen LogP contribution in [-0.4, -0.2) is 14.5 Å². The molecule has 4 heterocycles. The van der Waals surface area contributed by atoms with Crippen molar-refractivity contribution in [1.29, 1.82) is 0 Å². The molecule has 0 aliphatic carbocycles. The molecular formula is C50H42N4Pt. The molecular weight excluding hydrogens is 852 g/mol. The van der Waals surface area contributed by atoms with Crippen molar-refractivity contribution in [3.8, 4) is 50.6 Å². The van der Waals surface area contributed by atoms with Gasteiger partial charge in [-0.25, -0.2) is 0 Å². The van der Waals surface area contributed by atoms with Crippen molar-refractivity contribution in [2.45, 2.75) is 52.4 Å². The third-order valence-corrected chi connectivity index (χ3v) is 10.5. The van der Waals surface area contributed by atoms with E-state index >= 15 is 0 Å². The maximum Gasteiger partial charge on any atom is 2.00 e. The molecule has 0 aliphatic rings. The van der Waals surface area contributed by atoms with E-state index in [4.69, 9.17) is 15.0 Å². The zero-order chi connectivity index (χ0) is 37.2. The van der Waals surface area contributed by atoms with E-state index in [1.54, 1.807) is 0 Å². The van der Waals surface area contributed by atoms with Crippen molar-refractivity contribution in [1.82, 2.24) is 19.5 Å². The molecule has 0 bridgehead atoms. The molecule has 272 valence electrons. The SMILES string of the molecule is CC(C)(C)c1ccc(-c2ccccc2)c(-c2cc(-c3ccccn3)[c-]c(-c3ccc4c5ccccc5n(-c5[n-]c(C(C)(C)C)c6ccccc56)c4n3)c2)c1.[Pt+2]. The second kappa shape index (κ2) is 13.9. The number of benzene rings is 5. The largest absolute Gasteiger partial charge is 2.00 e. The van der Waals surface area contributed by atoms with Gasteiger partial charge in [0.15, 0.2) is 0 Å². The fraction of sp³-hybridized carbons (Fsp3) is 0.160. The molecule has 0 saturated heterocycles. The van der Waals surface area contributed by atoms with Crippen LogP contribution in [0.1, 0.15) is 52.8 Å². The molecule has 0 aliphatic heterocycles. The number of pyridine rings is 2. The summed E-state index contributed by atoms with van der Waals surface area (Å²) in [5.41, 5.74) is 12.3. The Balaban J connectivity index is 0.00000427. The van der Waals surface area contributed by atoms with Crippen molar-refractivity contribution >= 4 is 32.7 Å². The molecule has 9 rings (SSSR count). The third-order valence-electron chi connectivity index (χ3n) is 10.5. The Kier molecular flexibility index (Phi) is 9.22. The van der Waals surface area contributed by atoms with Gasteiger partial charge < -0.3 is 9.55 Å². The molecule has 0 N–H and O–H groups in total. The van der Waals surface area contributed by atoms with Gasteiger partial charge in [-0.2, -0.15) is 0 Å². The van der Waals surface area contributed by atoms with Gasteiger partial charge in [0.05, 0.1) is 5.65 Å². The van der Waals surface area contributed by atoms with Crippen LogP contribution >= 0.6 is 0 Å². The fourth-order valence-corrected chi connectivity index (χ4v) is 7.70. The third kappa shape index (κ3) is 6.53. The van der Waals surface area contributed by atoms with Gasteiger partial charge in [0.2, 0.25) is 0 Å². The Morgan fingerprint density at radius 2 is 1.22 bits per heavy atom. The standard InChI is InChI=1S/C50H42N4.Pt/c1-49(2,3)36-23-24-37(32-16-8-7-9-17-32)42(31-36)33-28-34(43-21-14-15-27-51-43)30-35(29-33)44-26-25-41-38-18-12-13-22-45(38)54(47(41)52-44)48-40-20-11-10-19-39(40)46(53-48)50(4,5)6;/h7-29,31H,1-6H3;/q-2;+2. The zero-order valence-corrected chi connectivity index (χ0v) is 34.2. The summed E-state index contributed by atoms with van der Waals surface area (Å²) in [7, 11) is 0. The van der Waals surface area contributed by atoms with Crippen LogP contribution in [0.3, 0.4) is 0 Å². The van der Waals surface area contributed by atoms with Crippen molar-refractivity contribution < 1.29 is 21.1 Å². The Bertz CT molecular complexity index is 2830. The van der Waals surface area contributed by atoms with Crippen molar-refractivity contribution in [3.05, 3.63) is 163 Å². The van der Waals surface area contributed by atoms with Gasteiger partial charge >= 0.3 is 21.1 Å². The predicted molar refractivity (Wildman–Crippen MR) is 225 cm³/mol. The minimum atomic E-state index is -0.130. The van der Waals surface area contributed by atoms with Gasteiger partial charge in [0.25, 0.3) is 0 Å². The Labute approximate surface area is 337 Å². The molecule has 0 spiro atoms. The fourth-order valence-electron chi connectivity index (χ4n) is 7.70. The van der Waals surface area contributed by atoms with Crippen LogP contribution in [-0.2, 0) is 31.9 Å². The molecule has 9 aromatic rings. The van der Waals surface area contributed by atoms with Gasteiger partial charge in [-0.3, -0.25) is 9.97 Å². The number of rotatable bonds is 5. The van der Waals surface area contributed by atoms with E-state index in [1.165, 1.54) is 27.6 Å². The van der Waals surface area contributed by atoms with Crippen LogP contribution in [0.15, 0.2) is 146 Å². The first kappa shape index (κ1) is 36.4. The first-order valence-electron chi connectivity index (χ1n) is 18.7. The van der Waals surface area contributed by atoms with Crippen LogP contribution in [0.2, 0.25) is 0 Å². The van der Waals surface area contributed by atoms with Gasteiger partial charge in [0, 0.05) is 23.0 Å². The number of fused-ring (bicyclic) bond motifs is 4. The first-order valence-corrected chi connectivity index (χ1v) is 18.7. The second-order valence-electron chi connectivity index (χ2n) is 16.3. The number of hydrogen-bond donors (Lipinski definition) is 0. The van der Waals surface area contributed by atoms with E-state index in [0.29, 0.717) is 0 Å². The monoisotopic (exact) mass is 893 g/mol. The summed E-state index contributed by atoms with van der Waals surface area (Å²) in [6.45, 7) is 13.5. The van der Waals surface area contributed by atoms with Crippen LogP contribution in [0.5, 0.6) is 0 Å². The maximum absolute atomic E-state index is 5.52. The Morgan fingerprint density at radius 3 is 1.93 bits per heavy atom. The molecule has 0 radical (unpaired) electrons. The molecule has 0 amide bonds. The number of hydrogen-bond acceptors (Lipinski definition) is 2. The minimum Gasteiger partial charge on any atom is -0.438 e. The van der Waals surface area contributed by atoms with E-state index in [9.17, 15) is 0 Å². The maximum atomic E-state index is 5.52. The van der Waals surface area contributed by atoms with Crippen molar-refractivity contribution in [3.63, 3.8) is 0 Å². The van der Waals surface area contributed by atoms with Crippen molar-refractivity contribution in [2.75, 3.05) is 0 Å². The van der Waals surface area contributed by atoms with E-state index in [0.717, 1.165) is 66.9 Å². The summed E-state index contributed by atoms with van der Waals surface area (Å²) in [6, 6.07) is 53.3. The molecule has 4 nitrogen and oxygen atoms in total. The molecule has 55 heavy (non-hydrogen) atoms. The van der Waals surface area contributed by atoms with E-state index in [-0.39, 0.29) is 31.9 Å². The number of nitrogens with zero attached hydrogens (tertiary/aromatic N) is 4. The summed E-state index contributed by atoms with van der Waals surface area (Å²) in [5.74, 6) is 0.907. The molecule has 5 aromatic carbocycles. The average molecular weight is 894 g/mol. The normalized spacial score (nSPS) is 12.0. The summed E-state index contributed by atoms with van der Waals surface area (Å²) in [4.78, 5) is 15.7. The van der Waals surface area contributed by atoms with E-state index in [1.807, 2.05) is 18.3 Å². The van der Waals surface area contributed by atoms with Crippen molar-refractivity contribution in [2.24, 2.45) is 0 Å². The topological polar surface area (TPSA) is 44.8 Å². The van der Waals surface area contributed by atoms with Crippen LogP contribution in [0, 0.1) is 6.07 Å². The molecule has 5 heteroatoms. The van der Waals surface area contributed by atoms with Crippen LogP contribution in [0.25, 0.3) is 83.3 Å². The Hall–Kier alpha value is -5.57. The van der Waals surface area contributed by atoms with Gasteiger partial charge in [0.1, 0.15) is 0 Å². The smallest absolute Gasteiger partial charge is 0.438 e. The van der Waals surface area contributed by atoms with Crippen LogP contribution < -0.4 is 4.98 Å². The van der Waals surface area contributed by atoms with Gasteiger partial charge in [-0.15, -0.1) is 18.2 Å². The minimum absolute atomic E-state index is 0. The Morgan fingerprint density at radius 1 is 0.545 bits per heavy atom. The summed E-state index contributed by atoms with van der Waals surface area (Å²) in [6.07, 6.45) is 1.84. The summed E-state index contributed by atoms with van der Waals surface area (Å²) >= 11 is 0. The zero-order valence-electron chi connectivity index (χ0n) is 32.0. The second-order valence-corrected chi connectivity index (χ2v) is 16.3. The van der Waals surface area contributed by atoms with E-state index in [2.05, 4.69) is 180 Å². The van der Waals surface area contributed by atoms with E-state index < -0.39 is 0 Å². The molecule has 0 fully saturated rings. The molecule has 4 aromatic heterocycles. The average Bonchev–Trinajstić information content (AvgIpc) is 3.73. The molecule has 0 unspecified atom stereocenters. The van der Waals surface area contributed by atoms with Gasteiger partial charge in [-0.1, -0.05) is 185 Å². The van der Waals surface area contributed by atoms with Crippen LogP contribution in [0.4, 0.5) is 0 Å². The first-order chi connectivity index (χ1) is 26.0. The summed E-state index contributed by atoms with van der Waals surface area (Å²) in [5, 5.41) is 4.53.